The van der Waals surface area contributed by atoms with E-state index in [4.69, 9.17) is 56.8 Å². The summed E-state index contributed by atoms with van der Waals surface area (Å²) in [5.74, 6) is 0.444. The molecule has 28 heteroatoms. The molecule has 85 heavy (non-hydrogen) atoms. The van der Waals surface area contributed by atoms with Crippen molar-refractivity contribution >= 4 is 0 Å². The van der Waals surface area contributed by atoms with Gasteiger partial charge in [-0.05, 0) is 99.7 Å². The summed E-state index contributed by atoms with van der Waals surface area (Å²) in [6.07, 6.45) is -32.2. The first-order valence-corrected chi connectivity index (χ1v) is 30.4. The fourth-order valence-electron chi connectivity index (χ4n) is 17.0. The number of aliphatic hydroxyl groups excluding tert-OH is 16. The molecule has 0 bridgehead atoms. The van der Waals surface area contributed by atoms with Crippen LogP contribution in [-0.4, -0.2) is 292 Å². The molecule has 7 heterocycles. The fraction of sp³-hybridized carbons (Fsp3) is 0.965. The summed E-state index contributed by atoms with van der Waals surface area (Å²) < 4.78 is 73.6. The summed E-state index contributed by atoms with van der Waals surface area (Å²) in [5, 5.41) is 171. The molecule has 0 aromatic rings. The minimum Gasteiger partial charge on any atom is -0.394 e. The lowest BCUT2D eigenvalue weighted by Gasteiger charge is -2.58. The van der Waals surface area contributed by atoms with Crippen molar-refractivity contribution < 1.29 is 139 Å². The van der Waals surface area contributed by atoms with E-state index < -0.39 is 197 Å². The topological polar surface area (TPSA) is 434 Å². The van der Waals surface area contributed by atoms with Gasteiger partial charge in [0.25, 0.3) is 0 Å². The Balaban J connectivity index is 0.775. The Bertz CT molecular complexity index is 2310. The number of rotatable bonds is 15. The predicted octanol–water partition coefficient (Wildman–Crippen LogP) is -5.02. The van der Waals surface area contributed by atoms with E-state index in [1.807, 2.05) is 6.92 Å². The Morgan fingerprint density at radius 2 is 1.08 bits per heavy atom. The van der Waals surface area contributed by atoms with Crippen LogP contribution in [0.2, 0.25) is 0 Å². The zero-order valence-electron chi connectivity index (χ0n) is 48.5. The molecule has 1 unspecified atom stereocenters. The SMILES string of the molecule is C[C@@H]1O[C@@H](OC[C@H]2O[C@@H](OC3CC[C@@]4(C)C(=CC[C@H]5[C@@H]6C[C@@H]7O[C@]8(CC[C@@](C)(CO[C@H]9O[C@H](CO)[C@H](O)[C@H](O)[C@H]9O)O8)[C@@H](C)[C@@H]7[C@@]6(C)CC[C@@H]54)C3)[C@H](O[C@@H]3O[C@H](CO)[C@@H](O)[C@H](O[C@@H]4O[C@H](CO)[C@@H](O)[C@H](O)[C@H]4O)[C@H]3O)[C@@H](O)[C@@H]2O)[C@H](O)[C@H](O)[C@@H]1O. The van der Waals surface area contributed by atoms with E-state index in [2.05, 4.69) is 26.8 Å². The first kappa shape index (κ1) is 65.1. The maximum Gasteiger partial charge on any atom is 0.187 e. The van der Waals surface area contributed by atoms with E-state index in [1.54, 1.807) is 0 Å². The van der Waals surface area contributed by atoms with Gasteiger partial charge >= 0.3 is 0 Å². The van der Waals surface area contributed by atoms with Crippen molar-refractivity contribution in [1.82, 2.24) is 0 Å². The molecule has 0 aromatic carbocycles. The summed E-state index contributed by atoms with van der Waals surface area (Å²) in [5.41, 5.74) is 0.120. The van der Waals surface area contributed by atoms with Gasteiger partial charge in [0.2, 0.25) is 0 Å². The number of hydrogen-bond acceptors (Lipinski definition) is 28. The van der Waals surface area contributed by atoms with Crippen LogP contribution in [0.5, 0.6) is 0 Å². The molecule has 7 saturated heterocycles. The second-order valence-electron chi connectivity index (χ2n) is 27.0. The van der Waals surface area contributed by atoms with Gasteiger partial charge in [0.1, 0.15) is 116 Å². The molecule has 11 rings (SSSR count). The van der Waals surface area contributed by atoms with Crippen molar-refractivity contribution in [3.63, 3.8) is 0 Å². The van der Waals surface area contributed by atoms with Gasteiger partial charge in [-0.3, -0.25) is 0 Å². The van der Waals surface area contributed by atoms with Gasteiger partial charge in [-0.2, -0.15) is 0 Å². The van der Waals surface area contributed by atoms with Gasteiger partial charge in [-0.1, -0.05) is 32.4 Å². The second-order valence-corrected chi connectivity index (χ2v) is 27.0. The van der Waals surface area contributed by atoms with Gasteiger partial charge in [0.05, 0.1) is 56.9 Å². The molecular weight excluding hydrogens is 1130 g/mol. The zero-order chi connectivity index (χ0) is 61.1. The zero-order valence-corrected chi connectivity index (χ0v) is 48.5. The van der Waals surface area contributed by atoms with Crippen LogP contribution >= 0.6 is 0 Å². The van der Waals surface area contributed by atoms with Crippen LogP contribution < -0.4 is 0 Å². The van der Waals surface area contributed by atoms with Gasteiger partial charge < -0.3 is 139 Å². The molecule has 3 saturated carbocycles. The molecule has 7 aliphatic heterocycles. The van der Waals surface area contributed by atoms with Crippen LogP contribution in [0, 0.1) is 40.4 Å². The van der Waals surface area contributed by atoms with Gasteiger partial charge in [0.15, 0.2) is 37.2 Å². The van der Waals surface area contributed by atoms with Crippen molar-refractivity contribution in [3.05, 3.63) is 11.6 Å². The Hall–Kier alpha value is -1.38. The highest BCUT2D eigenvalue weighted by Gasteiger charge is 2.71. The van der Waals surface area contributed by atoms with Crippen molar-refractivity contribution in [3.8, 4) is 0 Å². The molecule has 11 aliphatic rings. The molecule has 16 N–H and O–H groups in total. The molecule has 10 fully saturated rings. The van der Waals surface area contributed by atoms with Crippen molar-refractivity contribution in [2.75, 3.05) is 33.0 Å². The van der Waals surface area contributed by atoms with Crippen LogP contribution in [0.4, 0.5) is 0 Å². The number of hydrogen-bond donors (Lipinski definition) is 16. The first-order valence-electron chi connectivity index (χ1n) is 30.4. The summed E-state index contributed by atoms with van der Waals surface area (Å²) in [6.45, 7) is 7.59. The van der Waals surface area contributed by atoms with E-state index in [-0.39, 0.29) is 35.4 Å². The monoisotopic (exact) mass is 1220 g/mol. The minimum atomic E-state index is -2.01. The van der Waals surface area contributed by atoms with Crippen molar-refractivity contribution in [2.24, 2.45) is 40.4 Å². The summed E-state index contributed by atoms with van der Waals surface area (Å²) in [6, 6.07) is 0. The van der Waals surface area contributed by atoms with Crippen LogP contribution in [0.3, 0.4) is 0 Å². The largest absolute Gasteiger partial charge is 0.394 e. The Labute approximate surface area is 491 Å². The molecule has 28 nitrogen and oxygen atoms in total. The maximum absolute atomic E-state index is 12.0. The fourth-order valence-corrected chi connectivity index (χ4v) is 17.0. The van der Waals surface area contributed by atoms with Gasteiger partial charge in [0, 0.05) is 12.3 Å². The highest BCUT2D eigenvalue weighted by atomic mass is 16.8. The predicted molar refractivity (Wildman–Crippen MR) is 281 cm³/mol. The molecule has 1 spiro atoms. The highest BCUT2D eigenvalue weighted by Crippen LogP contribution is 2.71. The summed E-state index contributed by atoms with van der Waals surface area (Å²) in [4.78, 5) is 0. The number of allylic oxidation sites excluding steroid dienone is 1. The average Bonchev–Trinajstić information content (AvgIpc) is 1.57. The van der Waals surface area contributed by atoms with Gasteiger partial charge in [-0.25, -0.2) is 0 Å². The van der Waals surface area contributed by atoms with E-state index in [0.717, 1.165) is 25.7 Å². The lowest BCUT2D eigenvalue weighted by molar-refractivity contribution is -0.390. The molecule has 36 atom stereocenters. The molecule has 0 amide bonds. The quantitative estimate of drug-likeness (QED) is 0.0683. The van der Waals surface area contributed by atoms with E-state index in [1.165, 1.54) is 12.5 Å². The lowest BCUT2D eigenvalue weighted by atomic mass is 9.47. The van der Waals surface area contributed by atoms with Crippen LogP contribution in [0.25, 0.3) is 0 Å². The minimum absolute atomic E-state index is 0.0159. The standard InChI is InChI=1S/C57H92O28/c1-21-33-28(84-57(21)13-12-54(3,85-57)20-75-50-44(71)40(67)35(62)29(16-58)78-50)15-27-25-7-6-23-14-24(8-10-55(23,4)26(25)9-11-56(27,33)5)77-53-48(42(69)37(64)32(81-53)19-74-49-43(70)39(66)34(61)22(2)76-49)83-52-46(73)47(38(65)31(18-60)80-52)82-51-45(72)41(68)36(63)30(17-59)79-51/h6,21-22,24-53,58-73H,7-20H2,1-5H3/t21-,22-,24?,25+,26-,27-,28-,29+,30+,31+,32+,33-,34+,35-,36+,37+,38+,39+,40-,41-,42-,43+,44+,45+,46+,47-,48+,49+,50-,51-,52-,53+,54-,55-,56-,57-/m0/s1. The normalized spacial score (nSPS) is 57.0. The molecule has 4 aliphatic carbocycles. The van der Waals surface area contributed by atoms with Crippen LogP contribution in [-0.2, 0) is 56.8 Å². The number of aliphatic hydroxyl groups is 16. The molecule has 0 aromatic heterocycles. The number of fused-ring (bicyclic) bond motifs is 7. The third kappa shape index (κ3) is 11.4. The molecule has 488 valence electrons. The van der Waals surface area contributed by atoms with E-state index >= 15 is 0 Å². The molecule has 0 radical (unpaired) electrons. The Kier molecular flexibility index (Phi) is 19.1. The average molecular weight is 1230 g/mol. The smallest absolute Gasteiger partial charge is 0.187 e. The first-order chi connectivity index (χ1) is 40.2. The van der Waals surface area contributed by atoms with Crippen molar-refractivity contribution in [1.29, 1.82) is 0 Å². The Morgan fingerprint density at radius 1 is 0.518 bits per heavy atom. The lowest BCUT2D eigenvalue weighted by Crippen LogP contribution is -2.67. The maximum atomic E-state index is 12.0. The van der Waals surface area contributed by atoms with Crippen LogP contribution in [0.15, 0.2) is 11.6 Å². The Morgan fingerprint density at radius 3 is 1.74 bits per heavy atom. The number of ether oxygens (including phenoxy) is 12. The summed E-state index contributed by atoms with van der Waals surface area (Å²) >= 11 is 0. The van der Waals surface area contributed by atoms with E-state index in [9.17, 15) is 81.7 Å². The van der Waals surface area contributed by atoms with E-state index in [0.29, 0.717) is 49.9 Å². The summed E-state index contributed by atoms with van der Waals surface area (Å²) in [7, 11) is 0. The second kappa shape index (κ2) is 24.9. The molecular formula is C57H92O28. The van der Waals surface area contributed by atoms with Crippen molar-refractivity contribution in [2.45, 2.75) is 270 Å². The third-order valence-electron chi connectivity index (χ3n) is 22.0. The van der Waals surface area contributed by atoms with Gasteiger partial charge in [-0.15, -0.1) is 0 Å². The highest BCUT2D eigenvalue weighted by molar-refractivity contribution is 5.27. The third-order valence-corrected chi connectivity index (χ3v) is 22.0. The van der Waals surface area contributed by atoms with Crippen LogP contribution in [0.1, 0.15) is 92.4 Å².